The first-order valence-electron chi connectivity index (χ1n) is 8.26. The molecular formula is C18H26N4O2S. The third-order valence-corrected chi connectivity index (χ3v) is 4.44. The predicted molar refractivity (Wildman–Crippen MR) is 103 cm³/mol. The van der Waals surface area contributed by atoms with Gasteiger partial charge in [-0.25, -0.2) is 4.98 Å². The monoisotopic (exact) mass is 362 g/mol. The van der Waals surface area contributed by atoms with Gasteiger partial charge in [-0.15, -0.1) is 0 Å². The Bertz CT molecular complexity index is 646. The standard InChI is InChI=1S/C18H26N4O2S/c1-14(16-6-10-25-13-16)11-21-18(19-2)22-12-15-5-4-7-20-17(15)24-9-8-23-3/h4-7,10,13-14H,8-9,11-12H2,1-3H3,(H2,19,21,22). The van der Waals surface area contributed by atoms with E-state index >= 15 is 0 Å². The lowest BCUT2D eigenvalue weighted by atomic mass is 10.1. The Hall–Kier alpha value is -2.12. The Kier molecular flexibility index (Phi) is 8.21. The number of methoxy groups -OCH3 is 1. The molecule has 0 radical (unpaired) electrons. The van der Waals surface area contributed by atoms with Crippen LogP contribution < -0.4 is 15.4 Å². The second-order valence-electron chi connectivity index (χ2n) is 5.57. The van der Waals surface area contributed by atoms with Gasteiger partial charge in [-0.05, 0) is 34.4 Å². The normalized spacial score (nSPS) is 12.7. The first-order chi connectivity index (χ1) is 12.2. The summed E-state index contributed by atoms with van der Waals surface area (Å²) in [6.45, 7) is 4.62. The minimum absolute atomic E-state index is 0.427. The van der Waals surface area contributed by atoms with Crippen molar-refractivity contribution in [3.8, 4) is 5.88 Å². The van der Waals surface area contributed by atoms with Gasteiger partial charge in [0.1, 0.15) is 6.61 Å². The molecule has 0 spiro atoms. The molecule has 0 amide bonds. The number of ether oxygens (including phenoxy) is 2. The zero-order valence-electron chi connectivity index (χ0n) is 15.0. The minimum atomic E-state index is 0.427. The lowest BCUT2D eigenvalue weighted by Crippen LogP contribution is -2.38. The molecule has 0 saturated heterocycles. The number of pyridine rings is 1. The van der Waals surface area contributed by atoms with Crippen LogP contribution in [0.15, 0.2) is 40.1 Å². The van der Waals surface area contributed by atoms with E-state index in [1.54, 1.807) is 31.7 Å². The molecule has 2 heterocycles. The van der Waals surface area contributed by atoms with Crippen LogP contribution >= 0.6 is 11.3 Å². The van der Waals surface area contributed by atoms with Crippen LogP contribution in [0.3, 0.4) is 0 Å². The van der Waals surface area contributed by atoms with Crippen LogP contribution in [0.4, 0.5) is 0 Å². The molecule has 136 valence electrons. The number of guanidine groups is 1. The van der Waals surface area contributed by atoms with Crippen molar-refractivity contribution in [1.29, 1.82) is 0 Å². The molecule has 1 atom stereocenters. The smallest absolute Gasteiger partial charge is 0.218 e. The van der Waals surface area contributed by atoms with Gasteiger partial charge in [0.2, 0.25) is 5.88 Å². The lowest BCUT2D eigenvalue weighted by molar-refractivity contribution is 0.143. The van der Waals surface area contributed by atoms with Crippen molar-refractivity contribution >= 4 is 17.3 Å². The fourth-order valence-corrected chi connectivity index (χ4v) is 3.02. The van der Waals surface area contributed by atoms with Gasteiger partial charge in [0.15, 0.2) is 5.96 Å². The Labute approximate surface area is 153 Å². The fourth-order valence-electron chi connectivity index (χ4n) is 2.23. The van der Waals surface area contributed by atoms with Crippen LogP contribution in [0.1, 0.15) is 24.0 Å². The van der Waals surface area contributed by atoms with Gasteiger partial charge in [0, 0.05) is 39.0 Å². The maximum absolute atomic E-state index is 5.66. The molecule has 7 heteroatoms. The maximum Gasteiger partial charge on any atom is 0.218 e. The average Bonchev–Trinajstić information content (AvgIpc) is 3.17. The molecule has 0 aromatic carbocycles. The van der Waals surface area contributed by atoms with Crippen molar-refractivity contribution in [2.24, 2.45) is 4.99 Å². The topological polar surface area (TPSA) is 67.8 Å². The number of rotatable bonds is 9. The van der Waals surface area contributed by atoms with Gasteiger partial charge in [-0.2, -0.15) is 11.3 Å². The van der Waals surface area contributed by atoms with E-state index in [2.05, 4.69) is 44.4 Å². The first kappa shape index (κ1) is 19.2. The molecule has 2 aromatic rings. The summed E-state index contributed by atoms with van der Waals surface area (Å²) >= 11 is 1.72. The van der Waals surface area contributed by atoms with Crippen LogP contribution in [0.25, 0.3) is 0 Å². The predicted octanol–water partition coefficient (Wildman–Crippen LogP) is 2.64. The summed E-state index contributed by atoms with van der Waals surface area (Å²) in [6, 6.07) is 6.05. The summed E-state index contributed by atoms with van der Waals surface area (Å²) in [6.07, 6.45) is 1.72. The fraction of sp³-hybridized carbons (Fsp3) is 0.444. The number of thiophene rings is 1. The molecule has 2 aromatic heterocycles. The number of hydrogen-bond acceptors (Lipinski definition) is 5. The Morgan fingerprint density at radius 3 is 2.92 bits per heavy atom. The van der Waals surface area contributed by atoms with E-state index in [-0.39, 0.29) is 0 Å². The summed E-state index contributed by atoms with van der Waals surface area (Å²) in [5.41, 5.74) is 2.32. The largest absolute Gasteiger partial charge is 0.475 e. The number of aromatic nitrogens is 1. The molecule has 1 unspecified atom stereocenters. The Morgan fingerprint density at radius 2 is 2.20 bits per heavy atom. The van der Waals surface area contributed by atoms with Crippen LogP contribution in [0, 0.1) is 0 Å². The summed E-state index contributed by atoms with van der Waals surface area (Å²) in [5, 5.41) is 11.0. The third kappa shape index (κ3) is 6.36. The quantitative estimate of drug-likeness (QED) is 0.408. The summed E-state index contributed by atoms with van der Waals surface area (Å²) in [5.74, 6) is 1.80. The Balaban J connectivity index is 1.84. The van der Waals surface area contributed by atoms with Crippen molar-refractivity contribution in [3.63, 3.8) is 0 Å². The van der Waals surface area contributed by atoms with Crippen molar-refractivity contribution < 1.29 is 9.47 Å². The van der Waals surface area contributed by atoms with E-state index in [1.165, 1.54) is 5.56 Å². The maximum atomic E-state index is 5.66. The van der Waals surface area contributed by atoms with Crippen LogP contribution in [-0.4, -0.2) is 44.9 Å². The van der Waals surface area contributed by atoms with Gasteiger partial charge in [-0.3, -0.25) is 4.99 Å². The second kappa shape index (κ2) is 10.7. The van der Waals surface area contributed by atoms with Gasteiger partial charge in [0.25, 0.3) is 0 Å². The van der Waals surface area contributed by atoms with Gasteiger partial charge >= 0.3 is 0 Å². The molecule has 0 aliphatic rings. The van der Waals surface area contributed by atoms with Crippen molar-refractivity contribution in [1.82, 2.24) is 15.6 Å². The summed E-state index contributed by atoms with van der Waals surface area (Å²) < 4.78 is 10.7. The third-order valence-electron chi connectivity index (χ3n) is 3.73. The number of hydrogen-bond donors (Lipinski definition) is 2. The number of nitrogens with one attached hydrogen (secondary N) is 2. The van der Waals surface area contributed by atoms with E-state index in [0.29, 0.717) is 31.6 Å². The molecule has 2 rings (SSSR count). The minimum Gasteiger partial charge on any atom is -0.475 e. The van der Waals surface area contributed by atoms with Gasteiger partial charge in [0.05, 0.1) is 6.61 Å². The van der Waals surface area contributed by atoms with Crippen LogP contribution in [0.5, 0.6) is 5.88 Å². The highest BCUT2D eigenvalue weighted by atomic mass is 32.1. The van der Waals surface area contributed by atoms with E-state index in [4.69, 9.17) is 9.47 Å². The highest BCUT2D eigenvalue weighted by Gasteiger charge is 2.09. The SMILES string of the molecule is CN=C(NCc1cccnc1OCCOC)NCC(C)c1ccsc1. The van der Waals surface area contributed by atoms with E-state index in [9.17, 15) is 0 Å². The van der Waals surface area contributed by atoms with Gasteiger partial charge < -0.3 is 20.1 Å². The summed E-state index contributed by atoms with van der Waals surface area (Å²) in [7, 11) is 3.42. The summed E-state index contributed by atoms with van der Waals surface area (Å²) in [4.78, 5) is 8.56. The highest BCUT2D eigenvalue weighted by Crippen LogP contribution is 2.17. The highest BCUT2D eigenvalue weighted by molar-refractivity contribution is 7.07. The Morgan fingerprint density at radius 1 is 1.32 bits per heavy atom. The molecule has 2 N–H and O–H groups in total. The molecule has 6 nitrogen and oxygen atoms in total. The van der Waals surface area contributed by atoms with Crippen LogP contribution in [0.2, 0.25) is 0 Å². The zero-order chi connectivity index (χ0) is 17.9. The molecular weight excluding hydrogens is 336 g/mol. The van der Waals surface area contributed by atoms with Crippen molar-refractivity contribution in [2.75, 3.05) is 33.9 Å². The molecule has 0 aliphatic heterocycles. The molecule has 0 aliphatic carbocycles. The molecule has 0 bridgehead atoms. The van der Waals surface area contributed by atoms with E-state index in [1.807, 2.05) is 12.1 Å². The van der Waals surface area contributed by atoms with E-state index < -0.39 is 0 Å². The molecule has 25 heavy (non-hydrogen) atoms. The number of aliphatic imine (C=N–C) groups is 1. The van der Waals surface area contributed by atoms with E-state index in [0.717, 1.165) is 18.1 Å². The first-order valence-corrected chi connectivity index (χ1v) is 9.21. The second-order valence-corrected chi connectivity index (χ2v) is 6.35. The molecule has 0 saturated carbocycles. The van der Waals surface area contributed by atoms with Crippen molar-refractivity contribution in [3.05, 3.63) is 46.3 Å². The zero-order valence-corrected chi connectivity index (χ0v) is 15.8. The molecule has 0 fully saturated rings. The average molecular weight is 362 g/mol. The number of nitrogens with zero attached hydrogens (tertiary/aromatic N) is 2. The van der Waals surface area contributed by atoms with Crippen molar-refractivity contribution in [2.45, 2.75) is 19.4 Å². The van der Waals surface area contributed by atoms with Crippen LogP contribution in [-0.2, 0) is 11.3 Å². The van der Waals surface area contributed by atoms with Gasteiger partial charge in [-0.1, -0.05) is 13.0 Å². The lowest BCUT2D eigenvalue weighted by Gasteiger charge is -2.16.